The Hall–Kier alpha value is -1.79. The lowest BCUT2D eigenvalue weighted by molar-refractivity contribution is 0.0423. The maximum absolute atomic E-state index is 13.7. The second kappa shape index (κ2) is 5.44. The average molecular weight is 317 g/mol. The molecule has 1 amide bonds. The molecular formula is C16H16FN3OS. The summed E-state index contributed by atoms with van der Waals surface area (Å²) in [4.78, 5) is 20.6. The lowest BCUT2D eigenvalue weighted by Crippen LogP contribution is -2.54. The Kier molecular flexibility index (Phi) is 3.43. The highest BCUT2D eigenvalue weighted by atomic mass is 32.1. The van der Waals surface area contributed by atoms with E-state index in [1.54, 1.807) is 17.0 Å². The quantitative estimate of drug-likeness (QED) is 0.871. The van der Waals surface area contributed by atoms with Gasteiger partial charge in [0.15, 0.2) is 0 Å². The van der Waals surface area contributed by atoms with Crippen molar-refractivity contribution in [3.8, 4) is 0 Å². The van der Waals surface area contributed by atoms with Gasteiger partial charge in [0, 0.05) is 49.1 Å². The third-order valence-corrected chi connectivity index (χ3v) is 5.20. The van der Waals surface area contributed by atoms with Gasteiger partial charge in [0.2, 0.25) is 0 Å². The third kappa shape index (κ3) is 2.32. The molecule has 0 spiro atoms. The Morgan fingerprint density at radius 3 is 2.95 bits per heavy atom. The zero-order valence-electron chi connectivity index (χ0n) is 12.0. The molecule has 1 aromatic carbocycles. The molecule has 0 aliphatic carbocycles. The molecule has 0 unspecified atom stereocenters. The predicted octanol–water partition coefficient (Wildman–Crippen LogP) is 2.24. The Balaban J connectivity index is 1.41. The molecule has 3 heterocycles. The van der Waals surface area contributed by atoms with Crippen LogP contribution in [0.3, 0.4) is 0 Å². The van der Waals surface area contributed by atoms with Gasteiger partial charge < -0.3 is 4.90 Å². The lowest BCUT2D eigenvalue weighted by atomic mass is 9.91. The molecule has 4 nitrogen and oxygen atoms in total. The van der Waals surface area contributed by atoms with Gasteiger partial charge in [-0.15, -0.1) is 11.3 Å². The molecule has 0 radical (unpaired) electrons. The molecule has 2 atom stereocenters. The van der Waals surface area contributed by atoms with Crippen LogP contribution in [0.5, 0.6) is 0 Å². The molecule has 0 N–H and O–H groups in total. The number of amides is 1. The maximum atomic E-state index is 13.7. The SMILES string of the molecule is O=C(c1cscn1)N1C[C@H]2CN(Cc3ccccc3F)[C@@H]2C1. The normalized spacial score (nSPS) is 24.1. The van der Waals surface area contributed by atoms with Crippen LogP contribution in [-0.2, 0) is 6.54 Å². The van der Waals surface area contributed by atoms with Crippen molar-refractivity contribution >= 4 is 17.2 Å². The smallest absolute Gasteiger partial charge is 0.273 e. The summed E-state index contributed by atoms with van der Waals surface area (Å²) in [7, 11) is 0. The molecule has 1 aromatic heterocycles. The van der Waals surface area contributed by atoms with E-state index in [2.05, 4.69) is 9.88 Å². The van der Waals surface area contributed by atoms with E-state index in [9.17, 15) is 9.18 Å². The topological polar surface area (TPSA) is 36.4 Å². The minimum absolute atomic E-state index is 0.0153. The number of hydrogen-bond donors (Lipinski definition) is 0. The van der Waals surface area contributed by atoms with Crippen LogP contribution in [0.4, 0.5) is 4.39 Å². The molecular weight excluding hydrogens is 301 g/mol. The van der Waals surface area contributed by atoms with E-state index in [0.717, 1.165) is 25.2 Å². The minimum Gasteiger partial charge on any atom is -0.335 e. The summed E-state index contributed by atoms with van der Waals surface area (Å²) in [6, 6.07) is 7.25. The number of likely N-dealkylation sites (tertiary alicyclic amines) is 2. The predicted molar refractivity (Wildman–Crippen MR) is 82.1 cm³/mol. The lowest BCUT2D eigenvalue weighted by Gasteiger charge is -2.43. The Bertz CT molecular complexity index is 690. The Labute approximate surface area is 132 Å². The first kappa shape index (κ1) is 13.8. The van der Waals surface area contributed by atoms with Crippen LogP contribution in [-0.4, -0.2) is 46.4 Å². The van der Waals surface area contributed by atoms with E-state index >= 15 is 0 Å². The van der Waals surface area contributed by atoms with E-state index in [1.807, 2.05) is 17.0 Å². The fourth-order valence-electron chi connectivity index (χ4n) is 3.42. The zero-order valence-corrected chi connectivity index (χ0v) is 12.8. The van der Waals surface area contributed by atoms with Gasteiger partial charge in [-0.25, -0.2) is 9.37 Å². The van der Waals surface area contributed by atoms with Crippen molar-refractivity contribution in [1.82, 2.24) is 14.8 Å². The van der Waals surface area contributed by atoms with Crippen molar-refractivity contribution in [2.24, 2.45) is 5.92 Å². The van der Waals surface area contributed by atoms with E-state index in [0.29, 0.717) is 24.2 Å². The van der Waals surface area contributed by atoms with Gasteiger partial charge >= 0.3 is 0 Å². The summed E-state index contributed by atoms with van der Waals surface area (Å²) in [6.45, 7) is 3.05. The number of benzene rings is 1. The third-order valence-electron chi connectivity index (χ3n) is 4.61. The first-order valence-corrected chi connectivity index (χ1v) is 8.31. The molecule has 22 heavy (non-hydrogen) atoms. The van der Waals surface area contributed by atoms with Crippen molar-refractivity contribution in [2.45, 2.75) is 12.6 Å². The van der Waals surface area contributed by atoms with Crippen LogP contribution in [0.2, 0.25) is 0 Å². The second-order valence-corrected chi connectivity index (χ2v) is 6.65. The fourth-order valence-corrected chi connectivity index (χ4v) is 3.94. The molecule has 114 valence electrons. The number of aromatic nitrogens is 1. The van der Waals surface area contributed by atoms with Crippen molar-refractivity contribution in [2.75, 3.05) is 19.6 Å². The van der Waals surface area contributed by atoms with Crippen LogP contribution in [0.25, 0.3) is 0 Å². The molecule has 2 saturated heterocycles. The Morgan fingerprint density at radius 1 is 1.32 bits per heavy atom. The molecule has 4 rings (SSSR count). The number of thiazole rings is 1. The van der Waals surface area contributed by atoms with Crippen LogP contribution in [0, 0.1) is 11.7 Å². The van der Waals surface area contributed by atoms with Crippen LogP contribution in [0.15, 0.2) is 35.2 Å². The first-order valence-electron chi connectivity index (χ1n) is 7.37. The molecule has 0 bridgehead atoms. The van der Waals surface area contributed by atoms with E-state index < -0.39 is 0 Å². The van der Waals surface area contributed by atoms with Crippen molar-refractivity contribution in [3.05, 3.63) is 52.2 Å². The van der Waals surface area contributed by atoms with Gasteiger partial charge in [-0.1, -0.05) is 18.2 Å². The molecule has 0 saturated carbocycles. The molecule has 2 aliphatic rings. The standard InChI is InChI=1S/C16H16FN3OS/c17-13-4-2-1-3-11(13)5-19-6-12-7-20(8-15(12)19)16(21)14-9-22-10-18-14/h1-4,9-10,12,15H,5-8H2/t12-,15-/m1/s1. The first-order chi connectivity index (χ1) is 10.7. The average Bonchev–Trinajstić information content (AvgIpc) is 3.14. The van der Waals surface area contributed by atoms with Gasteiger partial charge in [-0.2, -0.15) is 0 Å². The maximum Gasteiger partial charge on any atom is 0.273 e. The van der Waals surface area contributed by atoms with Gasteiger partial charge in [0.1, 0.15) is 11.5 Å². The van der Waals surface area contributed by atoms with Crippen LogP contribution in [0.1, 0.15) is 16.1 Å². The zero-order chi connectivity index (χ0) is 15.1. The number of carbonyl (C=O) groups excluding carboxylic acids is 1. The van der Waals surface area contributed by atoms with E-state index in [4.69, 9.17) is 0 Å². The van der Waals surface area contributed by atoms with Crippen LogP contribution < -0.4 is 0 Å². The number of carbonyl (C=O) groups is 1. The molecule has 2 aliphatic heterocycles. The van der Waals surface area contributed by atoms with Gasteiger partial charge in [0.05, 0.1) is 5.51 Å². The number of hydrogen-bond acceptors (Lipinski definition) is 4. The Morgan fingerprint density at radius 2 is 2.18 bits per heavy atom. The highest BCUT2D eigenvalue weighted by molar-refractivity contribution is 7.07. The second-order valence-electron chi connectivity index (χ2n) is 5.93. The largest absolute Gasteiger partial charge is 0.335 e. The van der Waals surface area contributed by atoms with E-state index in [1.165, 1.54) is 17.4 Å². The number of nitrogens with zero attached hydrogens (tertiary/aromatic N) is 3. The summed E-state index contributed by atoms with van der Waals surface area (Å²) in [6.07, 6.45) is 0. The highest BCUT2D eigenvalue weighted by Gasteiger charge is 2.47. The molecule has 2 aromatic rings. The fraction of sp³-hybridized carbons (Fsp3) is 0.375. The number of halogens is 1. The summed E-state index contributed by atoms with van der Waals surface area (Å²) in [5.74, 6) is 0.371. The van der Waals surface area contributed by atoms with Gasteiger partial charge in [-0.05, 0) is 6.07 Å². The van der Waals surface area contributed by atoms with Gasteiger partial charge in [-0.3, -0.25) is 9.69 Å². The monoisotopic (exact) mass is 317 g/mol. The number of rotatable bonds is 3. The molecule has 6 heteroatoms. The minimum atomic E-state index is -0.153. The number of fused-ring (bicyclic) bond motifs is 1. The van der Waals surface area contributed by atoms with Crippen LogP contribution >= 0.6 is 11.3 Å². The van der Waals surface area contributed by atoms with Gasteiger partial charge in [0.25, 0.3) is 5.91 Å². The molecule has 2 fully saturated rings. The van der Waals surface area contributed by atoms with E-state index in [-0.39, 0.29) is 11.7 Å². The van der Waals surface area contributed by atoms with Crippen molar-refractivity contribution in [1.29, 1.82) is 0 Å². The summed E-state index contributed by atoms with van der Waals surface area (Å²) < 4.78 is 13.7. The van der Waals surface area contributed by atoms with Crippen molar-refractivity contribution in [3.63, 3.8) is 0 Å². The summed E-state index contributed by atoms with van der Waals surface area (Å²) in [5, 5.41) is 1.79. The van der Waals surface area contributed by atoms with Crippen molar-refractivity contribution < 1.29 is 9.18 Å². The summed E-state index contributed by atoms with van der Waals surface area (Å²) in [5.41, 5.74) is 2.94. The summed E-state index contributed by atoms with van der Waals surface area (Å²) >= 11 is 1.44. The highest BCUT2D eigenvalue weighted by Crippen LogP contribution is 2.34.